The van der Waals surface area contributed by atoms with Crippen LogP contribution in [0.1, 0.15) is 24.0 Å². The average Bonchev–Trinajstić information content (AvgIpc) is 3.26. The van der Waals surface area contributed by atoms with Crippen LogP contribution in [0.25, 0.3) is 0 Å². The second kappa shape index (κ2) is 10.3. The highest BCUT2D eigenvalue weighted by molar-refractivity contribution is 5.95. The Labute approximate surface area is 183 Å². The molecule has 31 heavy (non-hydrogen) atoms. The number of carbonyl (C=O) groups excluding carboxylic acids is 1. The molecule has 2 aliphatic heterocycles. The molecule has 0 spiro atoms. The van der Waals surface area contributed by atoms with Crippen molar-refractivity contribution in [1.29, 1.82) is 0 Å². The van der Waals surface area contributed by atoms with E-state index in [4.69, 9.17) is 4.74 Å². The quantitative estimate of drug-likeness (QED) is 0.547. The van der Waals surface area contributed by atoms with Gasteiger partial charge < -0.3 is 25.2 Å². The van der Waals surface area contributed by atoms with E-state index in [2.05, 4.69) is 43.7 Å². The summed E-state index contributed by atoms with van der Waals surface area (Å²) in [6.45, 7) is 5.28. The summed E-state index contributed by atoms with van der Waals surface area (Å²) >= 11 is 0. The highest BCUT2D eigenvalue weighted by Gasteiger charge is 2.21. The predicted octanol–water partition coefficient (Wildman–Crippen LogP) is 1.91. The molecule has 0 saturated carbocycles. The zero-order valence-electron chi connectivity index (χ0n) is 18.0. The van der Waals surface area contributed by atoms with Crippen molar-refractivity contribution < 1.29 is 9.53 Å². The number of rotatable bonds is 6. The first-order valence-corrected chi connectivity index (χ1v) is 10.8. The van der Waals surface area contributed by atoms with Crippen molar-refractivity contribution in [2.24, 2.45) is 4.99 Å². The van der Waals surface area contributed by atoms with Gasteiger partial charge in [-0.1, -0.05) is 18.2 Å². The molecule has 8 heteroatoms. The lowest BCUT2D eigenvalue weighted by Crippen LogP contribution is -2.39. The van der Waals surface area contributed by atoms with Gasteiger partial charge >= 0.3 is 0 Å². The lowest BCUT2D eigenvalue weighted by Gasteiger charge is -2.29. The molecule has 2 saturated heterocycles. The number of aromatic nitrogens is 1. The van der Waals surface area contributed by atoms with Gasteiger partial charge in [-0.05, 0) is 30.2 Å². The van der Waals surface area contributed by atoms with Gasteiger partial charge in [0.2, 0.25) is 5.91 Å². The van der Waals surface area contributed by atoms with Crippen LogP contribution in [0.3, 0.4) is 0 Å². The summed E-state index contributed by atoms with van der Waals surface area (Å²) in [5.41, 5.74) is 3.24. The second-order valence-electron chi connectivity index (χ2n) is 7.68. The number of ether oxygens (including phenoxy) is 1. The zero-order chi connectivity index (χ0) is 21.5. The minimum absolute atomic E-state index is 0.210. The Morgan fingerprint density at radius 1 is 1.10 bits per heavy atom. The maximum Gasteiger partial charge on any atom is 0.227 e. The van der Waals surface area contributed by atoms with Gasteiger partial charge in [0.1, 0.15) is 5.82 Å². The van der Waals surface area contributed by atoms with Crippen molar-refractivity contribution in [3.8, 4) is 0 Å². The van der Waals surface area contributed by atoms with Crippen molar-refractivity contribution in [2.75, 3.05) is 49.7 Å². The number of anilines is 2. The van der Waals surface area contributed by atoms with Gasteiger partial charge in [-0.25, -0.2) is 4.98 Å². The van der Waals surface area contributed by atoms with Crippen LogP contribution in [0, 0.1) is 0 Å². The van der Waals surface area contributed by atoms with Crippen molar-refractivity contribution in [1.82, 2.24) is 15.6 Å². The van der Waals surface area contributed by atoms with E-state index in [0.717, 1.165) is 67.9 Å². The third kappa shape index (κ3) is 5.32. The van der Waals surface area contributed by atoms with E-state index in [1.165, 1.54) is 0 Å². The maximum absolute atomic E-state index is 11.9. The van der Waals surface area contributed by atoms with Crippen LogP contribution >= 0.6 is 0 Å². The number of morpholine rings is 1. The topological polar surface area (TPSA) is 82.1 Å². The van der Waals surface area contributed by atoms with Gasteiger partial charge in [-0.15, -0.1) is 0 Å². The number of guanidine groups is 1. The number of amides is 1. The van der Waals surface area contributed by atoms with Crippen molar-refractivity contribution >= 4 is 23.4 Å². The molecule has 164 valence electrons. The molecule has 1 aromatic carbocycles. The van der Waals surface area contributed by atoms with E-state index in [1.54, 1.807) is 7.05 Å². The monoisotopic (exact) mass is 422 g/mol. The molecule has 2 N–H and O–H groups in total. The molecule has 2 aromatic rings. The minimum atomic E-state index is 0.210. The highest BCUT2D eigenvalue weighted by atomic mass is 16.5. The van der Waals surface area contributed by atoms with Gasteiger partial charge in [0, 0.05) is 63.6 Å². The number of carbonyl (C=O) groups is 1. The molecular weight excluding hydrogens is 392 g/mol. The summed E-state index contributed by atoms with van der Waals surface area (Å²) in [5, 5.41) is 6.74. The molecule has 0 aliphatic carbocycles. The molecule has 0 unspecified atom stereocenters. The second-order valence-corrected chi connectivity index (χ2v) is 7.68. The first-order chi connectivity index (χ1) is 15.2. The highest BCUT2D eigenvalue weighted by Crippen LogP contribution is 2.21. The SMILES string of the molecule is CN=C(NCc1ccc(N2CCCC2=O)cc1)NCc1cccnc1N1CCOCC1. The van der Waals surface area contributed by atoms with E-state index < -0.39 is 0 Å². The first kappa shape index (κ1) is 21.1. The molecule has 2 fully saturated rings. The summed E-state index contributed by atoms with van der Waals surface area (Å²) < 4.78 is 5.46. The van der Waals surface area contributed by atoms with Crippen LogP contribution in [-0.2, 0) is 22.6 Å². The average molecular weight is 423 g/mol. The summed E-state index contributed by atoms with van der Waals surface area (Å²) in [7, 11) is 1.77. The van der Waals surface area contributed by atoms with Crippen LogP contribution in [0.4, 0.5) is 11.5 Å². The van der Waals surface area contributed by atoms with Crippen LogP contribution in [0.2, 0.25) is 0 Å². The number of hydrogen-bond donors (Lipinski definition) is 2. The Morgan fingerprint density at radius 3 is 2.58 bits per heavy atom. The standard InChI is InChI=1S/C23H30N6O2/c1-24-23(26-16-18-6-8-20(9-7-18)29-11-3-5-21(29)30)27-17-19-4-2-10-25-22(19)28-12-14-31-15-13-28/h2,4,6-10H,3,5,11-17H2,1H3,(H2,24,26,27). The van der Waals surface area contributed by atoms with Crippen molar-refractivity contribution in [3.63, 3.8) is 0 Å². The Kier molecular flexibility index (Phi) is 6.99. The normalized spacial score (nSPS) is 17.2. The number of pyridine rings is 1. The number of benzene rings is 1. The Morgan fingerprint density at radius 2 is 1.87 bits per heavy atom. The van der Waals surface area contributed by atoms with Crippen molar-refractivity contribution in [3.05, 3.63) is 53.7 Å². The van der Waals surface area contributed by atoms with Gasteiger partial charge in [0.15, 0.2) is 5.96 Å². The van der Waals surface area contributed by atoms with E-state index >= 15 is 0 Å². The first-order valence-electron chi connectivity index (χ1n) is 10.8. The van der Waals surface area contributed by atoms with Crippen LogP contribution in [-0.4, -0.2) is 56.7 Å². The van der Waals surface area contributed by atoms with Gasteiger partial charge in [0.05, 0.1) is 13.2 Å². The maximum atomic E-state index is 11.9. The van der Waals surface area contributed by atoms with Crippen LogP contribution in [0.15, 0.2) is 47.6 Å². The molecule has 1 aromatic heterocycles. The molecule has 0 radical (unpaired) electrons. The fraction of sp³-hybridized carbons (Fsp3) is 0.435. The van der Waals surface area contributed by atoms with Gasteiger partial charge in [-0.2, -0.15) is 0 Å². The lowest BCUT2D eigenvalue weighted by molar-refractivity contribution is -0.117. The molecule has 0 bridgehead atoms. The minimum Gasteiger partial charge on any atom is -0.378 e. The molecule has 0 atom stereocenters. The number of hydrogen-bond acceptors (Lipinski definition) is 5. The summed E-state index contributed by atoms with van der Waals surface area (Å²) in [6, 6.07) is 12.2. The Bertz CT molecular complexity index is 909. The van der Waals surface area contributed by atoms with Crippen LogP contribution in [0.5, 0.6) is 0 Å². The molecule has 4 rings (SSSR count). The van der Waals surface area contributed by atoms with Gasteiger partial charge in [-0.3, -0.25) is 9.79 Å². The third-order valence-corrected chi connectivity index (χ3v) is 5.63. The fourth-order valence-electron chi connectivity index (χ4n) is 3.93. The fourth-order valence-corrected chi connectivity index (χ4v) is 3.93. The smallest absolute Gasteiger partial charge is 0.227 e. The summed E-state index contributed by atoms with van der Waals surface area (Å²) in [5.74, 6) is 1.94. The molecule has 1 amide bonds. The molecule has 2 aliphatic rings. The predicted molar refractivity (Wildman–Crippen MR) is 122 cm³/mol. The third-order valence-electron chi connectivity index (χ3n) is 5.63. The lowest BCUT2D eigenvalue weighted by atomic mass is 10.2. The van der Waals surface area contributed by atoms with Gasteiger partial charge in [0.25, 0.3) is 0 Å². The van der Waals surface area contributed by atoms with Crippen molar-refractivity contribution in [2.45, 2.75) is 25.9 Å². The zero-order valence-corrected chi connectivity index (χ0v) is 18.0. The Balaban J connectivity index is 1.31. The van der Waals surface area contributed by atoms with E-state index in [-0.39, 0.29) is 5.91 Å². The largest absolute Gasteiger partial charge is 0.378 e. The summed E-state index contributed by atoms with van der Waals surface area (Å²) in [4.78, 5) is 25.0. The number of aliphatic imine (C=N–C) groups is 1. The Hall–Kier alpha value is -3.13. The summed E-state index contributed by atoms with van der Waals surface area (Å²) in [6.07, 6.45) is 3.42. The molecule has 8 nitrogen and oxygen atoms in total. The van der Waals surface area contributed by atoms with E-state index in [1.807, 2.05) is 29.3 Å². The molecular formula is C23H30N6O2. The number of nitrogens with zero attached hydrogens (tertiary/aromatic N) is 4. The van der Waals surface area contributed by atoms with Crippen LogP contribution < -0.4 is 20.4 Å². The number of nitrogens with one attached hydrogen (secondary N) is 2. The van der Waals surface area contributed by atoms with E-state index in [9.17, 15) is 4.79 Å². The van der Waals surface area contributed by atoms with E-state index in [0.29, 0.717) is 19.5 Å². The molecule has 3 heterocycles.